The summed E-state index contributed by atoms with van der Waals surface area (Å²) in [6.07, 6.45) is 0.0566. The van der Waals surface area contributed by atoms with Gasteiger partial charge in [-0.15, -0.1) is 0 Å². The fourth-order valence-electron chi connectivity index (χ4n) is 5.34. The van der Waals surface area contributed by atoms with Crippen LogP contribution in [0.5, 0.6) is 0 Å². The molecule has 1 amide bonds. The first-order chi connectivity index (χ1) is 17.5. The quantitative estimate of drug-likeness (QED) is 0.444. The van der Waals surface area contributed by atoms with E-state index in [1.807, 2.05) is 65.0 Å². The van der Waals surface area contributed by atoms with E-state index >= 15 is 0 Å². The topological polar surface area (TPSA) is 66.8 Å². The van der Waals surface area contributed by atoms with Crippen molar-refractivity contribution in [3.05, 3.63) is 93.8 Å². The van der Waals surface area contributed by atoms with Crippen LogP contribution in [0.4, 0.5) is 4.39 Å². The van der Waals surface area contributed by atoms with Crippen LogP contribution in [0.25, 0.3) is 11.1 Å². The molecule has 1 aliphatic rings. The summed E-state index contributed by atoms with van der Waals surface area (Å²) in [5, 5.41) is 10.3. The lowest BCUT2D eigenvalue weighted by Crippen LogP contribution is -2.33. The highest BCUT2D eigenvalue weighted by Gasteiger charge is 2.34. The molecule has 4 rings (SSSR count). The Hall–Kier alpha value is -3.51. The molecule has 3 aromatic rings. The van der Waals surface area contributed by atoms with Crippen LogP contribution in [0, 0.1) is 19.7 Å². The molecule has 0 radical (unpaired) electrons. The summed E-state index contributed by atoms with van der Waals surface area (Å²) >= 11 is 0. The van der Waals surface area contributed by atoms with Gasteiger partial charge in [0.15, 0.2) is 6.10 Å². The van der Waals surface area contributed by atoms with E-state index < -0.39 is 23.5 Å². The molecule has 37 heavy (non-hydrogen) atoms. The molecule has 1 atom stereocenters. The Morgan fingerprint density at radius 1 is 0.946 bits per heavy atom. The first kappa shape index (κ1) is 26.6. The molecule has 0 bridgehead atoms. The van der Waals surface area contributed by atoms with E-state index in [-0.39, 0.29) is 5.91 Å². The van der Waals surface area contributed by atoms with Crippen LogP contribution in [0.3, 0.4) is 0 Å². The number of nitrogens with zero attached hydrogens (tertiary/aromatic N) is 1. The molecule has 0 unspecified atom stereocenters. The Balaban J connectivity index is 1.84. The number of fused-ring (bicyclic) bond motifs is 1. The zero-order valence-corrected chi connectivity index (χ0v) is 22.1. The van der Waals surface area contributed by atoms with Crippen LogP contribution >= 0.6 is 0 Å². The van der Waals surface area contributed by atoms with E-state index in [1.165, 1.54) is 12.1 Å². The molecule has 0 aliphatic carbocycles. The third kappa shape index (κ3) is 5.59. The van der Waals surface area contributed by atoms with Crippen molar-refractivity contribution in [2.45, 2.75) is 59.2 Å². The number of benzene rings is 3. The Morgan fingerprint density at radius 3 is 2.14 bits per heavy atom. The molecule has 0 saturated carbocycles. The van der Waals surface area contributed by atoms with Gasteiger partial charge in [0.25, 0.3) is 5.91 Å². The molecule has 0 saturated heterocycles. The Kier molecular flexibility index (Phi) is 7.51. The molecule has 6 heteroatoms. The minimum atomic E-state index is -1.15. The van der Waals surface area contributed by atoms with Crippen LogP contribution < -0.4 is 0 Å². The highest BCUT2D eigenvalue weighted by molar-refractivity contribution is 5.94. The van der Waals surface area contributed by atoms with Crippen molar-refractivity contribution in [2.75, 3.05) is 13.1 Å². The fourth-order valence-corrected chi connectivity index (χ4v) is 5.34. The standard InChI is InChI=1S/C31H34FNO4/c1-19-24-14-16-33(29(34)22-12-9-13-23(32)18-22)17-15-25(24)20(2)27(26(19)21-10-7-6-8-11-21)28(30(35)36)37-31(3,4)5/h6-13,18,28H,14-17H2,1-5H3,(H,35,36)/t28-/m0/s1. The first-order valence-corrected chi connectivity index (χ1v) is 12.6. The largest absolute Gasteiger partial charge is 0.479 e. The Bertz CT molecular complexity index is 1330. The zero-order chi connectivity index (χ0) is 26.9. The Labute approximate surface area is 217 Å². The SMILES string of the molecule is Cc1c2c(c(C)c([C@H](OC(C)(C)C)C(=O)O)c1-c1ccccc1)CCN(C(=O)c1cccc(F)c1)CC2. The number of carboxylic acid groups (broad SMARTS) is 1. The lowest BCUT2D eigenvalue weighted by molar-refractivity contribution is -0.160. The van der Waals surface area contributed by atoms with Crippen molar-refractivity contribution in [1.82, 2.24) is 4.90 Å². The van der Waals surface area contributed by atoms with Crippen molar-refractivity contribution >= 4 is 11.9 Å². The summed E-state index contributed by atoms with van der Waals surface area (Å²) in [6, 6.07) is 15.6. The summed E-state index contributed by atoms with van der Waals surface area (Å²) in [4.78, 5) is 27.5. The van der Waals surface area contributed by atoms with Crippen LogP contribution in [0.2, 0.25) is 0 Å². The number of hydrogen-bond acceptors (Lipinski definition) is 3. The number of carboxylic acids is 1. The number of halogens is 1. The van der Waals surface area contributed by atoms with Gasteiger partial charge in [-0.05, 0) is 99.0 Å². The minimum Gasteiger partial charge on any atom is -0.479 e. The number of hydrogen-bond donors (Lipinski definition) is 1. The zero-order valence-electron chi connectivity index (χ0n) is 22.1. The summed E-state index contributed by atoms with van der Waals surface area (Å²) in [6.45, 7) is 10.5. The maximum atomic E-state index is 13.8. The van der Waals surface area contributed by atoms with Crippen LogP contribution in [0.1, 0.15) is 65.1 Å². The molecule has 194 valence electrons. The van der Waals surface area contributed by atoms with Gasteiger partial charge in [-0.1, -0.05) is 36.4 Å². The maximum absolute atomic E-state index is 13.8. The fraction of sp³-hybridized carbons (Fsp3) is 0.355. The highest BCUT2D eigenvalue weighted by Crippen LogP contribution is 2.42. The van der Waals surface area contributed by atoms with Crippen molar-refractivity contribution < 1.29 is 23.8 Å². The second kappa shape index (κ2) is 10.5. The van der Waals surface area contributed by atoms with Crippen LogP contribution in [-0.2, 0) is 22.4 Å². The number of aliphatic carboxylic acids is 1. The molecule has 0 fully saturated rings. The van der Waals surface area contributed by atoms with E-state index in [4.69, 9.17) is 4.74 Å². The van der Waals surface area contributed by atoms with Gasteiger partial charge in [-0.25, -0.2) is 9.18 Å². The summed E-state index contributed by atoms with van der Waals surface area (Å²) in [7, 11) is 0. The van der Waals surface area contributed by atoms with E-state index in [0.29, 0.717) is 37.1 Å². The van der Waals surface area contributed by atoms with Gasteiger partial charge >= 0.3 is 5.97 Å². The van der Waals surface area contributed by atoms with Crippen LogP contribution in [-0.4, -0.2) is 40.6 Å². The molecular weight excluding hydrogens is 469 g/mol. The number of carbonyl (C=O) groups excluding carboxylic acids is 1. The normalized spacial score (nSPS) is 14.6. The average molecular weight is 504 g/mol. The van der Waals surface area contributed by atoms with Gasteiger partial charge in [0.1, 0.15) is 5.82 Å². The molecule has 0 spiro atoms. The van der Waals surface area contributed by atoms with Crippen molar-refractivity contribution in [1.29, 1.82) is 0 Å². The van der Waals surface area contributed by atoms with Gasteiger partial charge in [0.2, 0.25) is 0 Å². The average Bonchev–Trinajstić information content (AvgIpc) is 3.08. The minimum absolute atomic E-state index is 0.203. The van der Waals surface area contributed by atoms with E-state index in [0.717, 1.165) is 33.4 Å². The van der Waals surface area contributed by atoms with Crippen LogP contribution in [0.15, 0.2) is 54.6 Å². The number of rotatable bonds is 5. The monoisotopic (exact) mass is 503 g/mol. The maximum Gasteiger partial charge on any atom is 0.337 e. The van der Waals surface area contributed by atoms with E-state index in [2.05, 4.69) is 0 Å². The van der Waals surface area contributed by atoms with Crippen molar-refractivity contribution in [3.63, 3.8) is 0 Å². The highest BCUT2D eigenvalue weighted by atomic mass is 19.1. The molecule has 5 nitrogen and oxygen atoms in total. The van der Waals surface area contributed by atoms with Gasteiger partial charge in [0.05, 0.1) is 5.60 Å². The molecule has 0 aromatic heterocycles. The molecule has 1 heterocycles. The lowest BCUT2D eigenvalue weighted by Gasteiger charge is -2.30. The van der Waals surface area contributed by atoms with Gasteiger partial charge < -0.3 is 14.7 Å². The van der Waals surface area contributed by atoms with Crippen molar-refractivity contribution in [3.8, 4) is 11.1 Å². The Morgan fingerprint density at radius 2 is 1.57 bits per heavy atom. The number of amides is 1. The molecular formula is C31H34FNO4. The third-order valence-corrected chi connectivity index (χ3v) is 6.96. The predicted molar refractivity (Wildman–Crippen MR) is 142 cm³/mol. The van der Waals surface area contributed by atoms with E-state index in [1.54, 1.807) is 17.0 Å². The van der Waals surface area contributed by atoms with Crippen molar-refractivity contribution in [2.24, 2.45) is 0 Å². The molecule has 1 N–H and O–H groups in total. The van der Waals surface area contributed by atoms with E-state index in [9.17, 15) is 19.1 Å². The molecule has 1 aliphatic heterocycles. The lowest BCUT2D eigenvalue weighted by atomic mass is 9.81. The second-order valence-electron chi connectivity index (χ2n) is 10.6. The summed E-state index contributed by atoms with van der Waals surface area (Å²) in [5.74, 6) is -1.68. The number of ether oxygens (including phenoxy) is 1. The predicted octanol–water partition coefficient (Wildman–Crippen LogP) is 6.29. The second-order valence-corrected chi connectivity index (χ2v) is 10.6. The summed E-state index contributed by atoms with van der Waals surface area (Å²) < 4.78 is 19.9. The van der Waals surface area contributed by atoms with Gasteiger partial charge in [-0.3, -0.25) is 4.79 Å². The first-order valence-electron chi connectivity index (χ1n) is 12.6. The smallest absolute Gasteiger partial charge is 0.337 e. The number of carbonyl (C=O) groups is 2. The van der Waals surface area contributed by atoms with Gasteiger partial charge in [0, 0.05) is 24.2 Å². The summed E-state index contributed by atoms with van der Waals surface area (Å²) in [5.41, 5.74) is 6.21. The van der Waals surface area contributed by atoms with Gasteiger partial charge in [-0.2, -0.15) is 0 Å². The molecule has 3 aromatic carbocycles. The third-order valence-electron chi connectivity index (χ3n) is 6.96.